The molecule has 0 spiro atoms. The Morgan fingerprint density at radius 3 is 2.85 bits per heavy atom. The molecule has 1 aliphatic rings. The standard InChI is InChI=1S/C10H20O3/c1-2-3-4-7-12-10-6-5-9(8-11)13-10/h9-11H,2-8H2,1H3/t9-,10?/m1/s1. The lowest BCUT2D eigenvalue weighted by molar-refractivity contribution is -0.140. The van der Waals surface area contributed by atoms with E-state index in [0.29, 0.717) is 0 Å². The van der Waals surface area contributed by atoms with Crippen LogP contribution in [0, 0.1) is 0 Å². The Kier molecular flexibility index (Phi) is 5.35. The lowest BCUT2D eigenvalue weighted by Gasteiger charge is -2.12. The van der Waals surface area contributed by atoms with Crippen LogP contribution in [-0.2, 0) is 9.47 Å². The number of unbranched alkanes of at least 4 members (excludes halogenated alkanes) is 2. The zero-order valence-electron chi connectivity index (χ0n) is 8.37. The van der Waals surface area contributed by atoms with Crippen LogP contribution in [0.4, 0.5) is 0 Å². The van der Waals surface area contributed by atoms with Crippen molar-refractivity contribution >= 4 is 0 Å². The normalized spacial score (nSPS) is 28.2. The van der Waals surface area contributed by atoms with Crippen LogP contribution >= 0.6 is 0 Å². The molecule has 0 saturated carbocycles. The molecule has 1 saturated heterocycles. The molecule has 0 radical (unpaired) electrons. The van der Waals surface area contributed by atoms with E-state index >= 15 is 0 Å². The fraction of sp³-hybridized carbons (Fsp3) is 1.00. The molecule has 1 aliphatic heterocycles. The Morgan fingerprint density at radius 2 is 2.23 bits per heavy atom. The topological polar surface area (TPSA) is 38.7 Å². The molecule has 0 aliphatic carbocycles. The predicted molar refractivity (Wildman–Crippen MR) is 50.5 cm³/mol. The Morgan fingerprint density at radius 1 is 1.38 bits per heavy atom. The SMILES string of the molecule is CCCCCOC1CC[C@H](CO)O1. The smallest absolute Gasteiger partial charge is 0.158 e. The van der Waals surface area contributed by atoms with Gasteiger partial charge in [-0.1, -0.05) is 19.8 Å². The molecule has 78 valence electrons. The average Bonchev–Trinajstić information content (AvgIpc) is 2.60. The number of aliphatic hydroxyl groups excluding tert-OH is 1. The van der Waals surface area contributed by atoms with E-state index in [-0.39, 0.29) is 19.0 Å². The third kappa shape index (κ3) is 4.07. The van der Waals surface area contributed by atoms with Crippen molar-refractivity contribution in [2.24, 2.45) is 0 Å². The molecule has 1 heterocycles. The molecule has 1 fully saturated rings. The van der Waals surface area contributed by atoms with Gasteiger partial charge in [0, 0.05) is 13.0 Å². The molecule has 2 atom stereocenters. The van der Waals surface area contributed by atoms with Crippen molar-refractivity contribution in [1.82, 2.24) is 0 Å². The van der Waals surface area contributed by atoms with Crippen molar-refractivity contribution in [3.05, 3.63) is 0 Å². The minimum Gasteiger partial charge on any atom is -0.394 e. The summed E-state index contributed by atoms with van der Waals surface area (Å²) < 4.78 is 10.9. The molecule has 0 amide bonds. The fourth-order valence-corrected chi connectivity index (χ4v) is 1.50. The van der Waals surface area contributed by atoms with Gasteiger partial charge in [0.25, 0.3) is 0 Å². The molecule has 0 aromatic rings. The minimum absolute atomic E-state index is 0.0103. The summed E-state index contributed by atoms with van der Waals surface area (Å²) in [5.74, 6) is 0. The molecular weight excluding hydrogens is 168 g/mol. The summed E-state index contributed by atoms with van der Waals surface area (Å²) in [4.78, 5) is 0. The number of aliphatic hydroxyl groups is 1. The Balaban J connectivity index is 1.97. The predicted octanol–water partition coefficient (Wildman–Crippen LogP) is 1.69. The highest BCUT2D eigenvalue weighted by atomic mass is 16.7. The van der Waals surface area contributed by atoms with Crippen LogP contribution in [0.2, 0.25) is 0 Å². The highest BCUT2D eigenvalue weighted by Gasteiger charge is 2.24. The van der Waals surface area contributed by atoms with Crippen molar-refractivity contribution in [3.63, 3.8) is 0 Å². The lowest BCUT2D eigenvalue weighted by Crippen LogP contribution is -2.17. The summed E-state index contributed by atoms with van der Waals surface area (Å²) in [5.41, 5.74) is 0. The Labute approximate surface area is 80.0 Å². The van der Waals surface area contributed by atoms with Gasteiger partial charge >= 0.3 is 0 Å². The number of rotatable bonds is 6. The maximum Gasteiger partial charge on any atom is 0.158 e. The van der Waals surface area contributed by atoms with Gasteiger partial charge in [0.05, 0.1) is 12.7 Å². The van der Waals surface area contributed by atoms with E-state index in [9.17, 15) is 0 Å². The monoisotopic (exact) mass is 188 g/mol. The molecule has 0 aromatic carbocycles. The Hall–Kier alpha value is -0.120. The summed E-state index contributed by atoms with van der Waals surface area (Å²) in [6.07, 6.45) is 5.35. The summed E-state index contributed by atoms with van der Waals surface area (Å²) in [6.45, 7) is 3.08. The molecule has 1 N–H and O–H groups in total. The molecule has 1 unspecified atom stereocenters. The van der Waals surface area contributed by atoms with Crippen LogP contribution in [0.25, 0.3) is 0 Å². The third-order valence-corrected chi connectivity index (χ3v) is 2.32. The molecule has 13 heavy (non-hydrogen) atoms. The van der Waals surface area contributed by atoms with E-state index in [1.165, 1.54) is 12.8 Å². The van der Waals surface area contributed by atoms with Gasteiger partial charge in [-0.05, 0) is 12.8 Å². The summed E-state index contributed by atoms with van der Waals surface area (Å²) in [7, 11) is 0. The largest absolute Gasteiger partial charge is 0.394 e. The molecule has 1 rings (SSSR count). The first kappa shape index (κ1) is 11.0. The van der Waals surface area contributed by atoms with Crippen LogP contribution in [0.5, 0.6) is 0 Å². The second-order valence-electron chi connectivity index (χ2n) is 3.53. The summed E-state index contributed by atoms with van der Waals surface area (Å²) >= 11 is 0. The molecule has 3 nitrogen and oxygen atoms in total. The lowest BCUT2D eigenvalue weighted by atomic mass is 10.2. The van der Waals surface area contributed by atoms with Gasteiger partial charge < -0.3 is 14.6 Å². The highest BCUT2D eigenvalue weighted by Crippen LogP contribution is 2.20. The van der Waals surface area contributed by atoms with Gasteiger partial charge in [0.2, 0.25) is 0 Å². The first-order valence-corrected chi connectivity index (χ1v) is 5.24. The number of hydrogen-bond acceptors (Lipinski definition) is 3. The van der Waals surface area contributed by atoms with E-state index in [1.807, 2.05) is 0 Å². The van der Waals surface area contributed by atoms with Crippen molar-refractivity contribution < 1.29 is 14.6 Å². The van der Waals surface area contributed by atoms with Gasteiger partial charge in [-0.25, -0.2) is 0 Å². The molecular formula is C10H20O3. The van der Waals surface area contributed by atoms with Gasteiger partial charge in [-0.15, -0.1) is 0 Å². The molecule has 0 aromatic heterocycles. The quantitative estimate of drug-likeness (QED) is 0.645. The maximum atomic E-state index is 8.81. The van der Waals surface area contributed by atoms with E-state index in [1.54, 1.807) is 0 Å². The zero-order valence-corrected chi connectivity index (χ0v) is 8.37. The van der Waals surface area contributed by atoms with Crippen molar-refractivity contribution in [3.8, 4) is 0 Å². The minimum atomic E-state index is -0.0611. The maximum absolute atomic E-state index is 8.81. The van der Waals surface area contributed by atoms with E-state index in [2.05, 4.69) is 6.92 Å². The third-order valence-electron chi connectivity index (χ3n) is 2.32. The van der Waals surface area contributed by atoms with Crippen molar-refractivity contribution in [2.75, 3.05) is 13.2 Å². The second-order valence-corrected chi connectivity index (χ2v) is 3.53. The van der Waals surface area contributed by atoms with Crippen molar-refractivity contribution in [2.45, 2.75) is 51.4 Å². The number of ether oxygens (including phenoxy) is 2. The van der Waals surface area contributed by atoms with Crippen LogP contribution in [-0.4, -0.2) is 30.7 Å². The van der Waals surface area contributed by atoms with Crippen LogP contribution < -0.4 is 0 Å². The van der Waals surface area contributed by atoms with E-state index < -0.39 is 0 Å². The molecule has 0 bridgehead atoms. The summed E-state index contributed by atoms with van der Waals surface area (Å²) in [5, 5.41) is 8.81. The first-order chi connectivity index (χ1) is 6.36. The fourth-order valence-electron chi connectivity index (χ4n) is 1.50. The Bertz CT molecular complexity index is 127. The first-order valence-electron chi connectivity index (χ1n) is 5.24. The van der Waals surface area contributed by atoms with Crippen LogP contribution in [0.1, 0.15) is 39.0 Å². The van der Waals surface area contributed by atoms with Gasteiger partial charge in [-0.3, -0.25) is 0 Å². The van der Waals surface area contributed by atoms with E-state index in [0.717, 1.165) is 25.9 Å². The van der Waals surface area contributed by atoms with Crippen molar-refractivity contribution in [1.29, 1.82) is 0 Å². The van der Waals surface area contributed by atoms with Crippen LogP contribution in [0.15, 0.2) is 0 Å². The van der Waals surface area contributed by atoms with E-state index in [4.69, 9.17) is 14.6 Å². The second kappa shape index (κ2) is 6.35. The van der Waals surface area contributed by atoms with Crippen LogP contribution in [0.3, 0.4) is 0 Å². The number of hydrogen-bond donors (Lipinski definition) is 1. The summed E-state index contributed by atoms with van der Waals surface area (Å²) in [6, 6.07) is 0. The van der Waals surface area contributed by atoms with Gasteiger partial charge in [0.15, 0.2) is 6.29 Å². The van der Waals surface area contributed by atoms with Gasteiger partial charge in [-0.2, -0.15) is 0 Å². The van der Waals surface area contributed by atoms with Gasteiger partial charge in [0.1, 0.15) is 0 Å². The highest BCUT2D eigenvalue weighted by molar-refractivity contribution is 4.66. The molecule has 3 heteroatoms. The average molecular weight is 188 g/mol. The zero-order chi connectivity index (χ0) is 9.52.